The van der Waals surface area contributed by atoms with Crippen LogP contribution in [0.15, 0.2) is 60.9 Å². The van der Waals surface area contributed by atoms with E-state index in [-0.39, 0.29) is 11.9 Å². The van der Waals surface area contributed by atoms with Crippen molar-refractivity contribution in [2.45, 2.75) is 19.4 Å². The highest BCUT2D eigenvalue weighted by Gasteiger charge is 2.23. The summed E-state index contributed by atoms with van der Waals surface area (Å²) < 4.78 is 7.71. The quantitative estimate of drug-likeness (QED) is 0.562. The fourth-order valence-corrected chi connectivity index (χ4v) is 4.00. The van der Waals surface area contributed by atoms with Gasteiger partial charge in [-0.2, -0.15) is 0 Å². The summed E-state index contributed by atoms with van der Waals surface area (Å²) in [6, 6.07) is 15.4. The maximum absolute atomic E-state index is 13.0. The van der Waals surface area contributed by atoms with E-state index < -0.39 is 0 Å². The number of para-hydroxylation sites is 1. The average molecular weight is 398 g/mol. The SMILES string of the molecule is Cc1ccncc1-c1nc2ccc(C(=O)N[C@H]3CCOc4ccccc43)cc2n1C. The summed E-state index contributed by atoms with van der Waals surface area (Å²) >= 11 is 0. The monoisotopic (exact) mass is 398 g/mol. The van der Waals surface area contributed by atoms with Crippen LogP contribution in [-0.2, 0) is 7.05 Å². The standard InChI is InChI=1S/C24H22N4O2/c1-15-9-11-25-14-18(15)23-26-20-8-7-16(13-21(20)28(23)2)24(29)27-19-10-12-30-22-6-4-3-5-17(19)22/h3-9,11,13-14,19H,10,12H2,1-2H3,(H,27,29)/t19-/m0/s1. The van der Waals surface area contributed by atoms with E-state index in [1.807, 2.05) is 73.3 Å². The minimum Gasteiger partial charge on any atom is -0.493 e. The highest BCUT2D eigenvalue weighted by atomic mass is 16.5. The second kappa shape index (κ2) is 7.30. The Morgan fingerprint density at radius 2 is 2.07 bits per heavy atom. The Morgan fingerprint density at radius 1 is 1.20 bits per heavy atom. The van der Waals surface area contributed by atoms with Gasteiger partial charge < -0.3 is 14.6 Å². The van der Waals surface area contributed by atoms with Gasteiger partial charge in [-0.3, -0.25) is 9.78 Å². The van der Waals surface area contributed by atoms with Crippen molar-refractivity contribution in [3.63, 3.8) is 0 Å². The van der Waals surface area contributed by atoms with E-state index in [4.69, 9.17) is 9.72 Å². The van der Waals surface area contributed by atoms with Crippen LogP contribution in [0.5, 0.6) is 5.75 Å². The first-order valence-electron chi connectivity index (χ1n) is 10.0. The Morgan fingerprint density at radius 3 is 2.93 bits per heavy atom. The molecule has 1 N–H and O–H groups in total. The third-order valence-electron chi connectivity index (χ3n) is 5.69. The number of fused-ring (bicyclic) bond motifs is 2. The summed E-state index contributed by atoms with van der Waals surface area (Å²) in [5.74, 6) is 1.58. The molecule has 2 aromatic carbocycles. The third-order valence-corrected chi connectivity index (χ3v) is 5.69. The van der Waals surface area contributed by atoms with Crippen LogP contribution in [0.3, 0.4) is 0 Å². The molecule has 0 fully saturated rings. The first kappa shape index (κ1) is 18.4. The molecule has 1 aliphatic heterocycles. The smallest absolute Gasteiger partial charge is 0.251 e. The first-order chi connectivity index (χ1) is 14.6. The maximum Gasteiger partial charge on any atom is 0.251 e. The van der Waals surface area contributed by atoms with E-state index in [9.17, 15) is 4.79 Å². The zero-order valence-corrected chi connectivity index (χ0v) is 16.9. The number of rotatable bonds is 3. The fraction of sp³-hybridized carbons (Fsp3) is 0.208. The average Bonchev–Trinajstić information content (AvgIpc) is 3.10. The van der Waals surface area contributed by atoms with Gasteiger partial charge in [0.1, 0.15) is 11.6 Å². The van der Waals surface area contributed by atoms with Crippen molar-refractivity contribution in [2.24, 2.45) is 7.05 Å². The molecule has 1 atom stereocenters. The van der Waals surface area contributed by atoms with Gasteiger partial charge in [0.15, 0.2) is 0 Å². The lowest BCUT2D eigenvalue weighted by Gasteiger charge is -2.26. The Hall–Kier alpha value is -3.67. The number of carbonyl (C=O) groups is 1. The Bertz CT molecular complexity index is 1260. The largest absolute Gasteiger partial charge is 0.493 e. The predicted molar refractivity (Wildman–Crippen MR) is 115 cm³/mol. The summed E-state index contributed by atoms with van der Waals surface area (Å²) in [6.45, 7) is 2.64. The van der Waals surface area contributed by atoms with Crippen molar-refractivity contribution in [1.29, 1.82) is 0 Å². The van der Waals surface area contributed by atoms with Crippen LogP contribution < -0.4 is 10.1 Å². The molecule has 6 nitrogen and oxygen atoms in total. The van der Waals surface area contributed by atoms with Gasteiger partial charge in [-0.05, 0) is 42.8 Å². The van der Waals surface area contributed by atoms with Gasteiger partial charge in [-0.15, -0.1) is 0 Å². The van der Waals surface area contributed by atoms with Crippen LogP contribution >= 0.6 is 0 Å². The third kappa shape index (κ3) is 3.10. The van der Waals surface area contributed by atoms with Crippen molar-refractivity contribution in [3.8, 4) is 17.1 Å². The molecule has 0 bridgehead atoms. The molecule has 0 spiro atoms. The molecule has 5 rings (SSSR count). The summed E-state index contributed by atoms with van der Waals surface area (Å²) in [5, 5.41) is 3.16. The van der Waals surface area contributed by atoms with Crippen molar-refractivity contribution >= 4 is 16.9 Å². The molecule has 1 aliphatic rings. The Labute approximate surface area is 174 Å². The molecule has 0 unspecified atom stereocenters. The topological polar surface area (TPSA) is 69.0 Å². The van der Waals surface area contributed by atoms with E-state index >= 15 is 0 Å². The molecule has 3 heterocycles. The molecule has 0 saturated heterocycles. The normalized spacial score (nSPS) is 15.5. The minimum absolute atomic E-state index is 0.0571. The zero-order valence-electron chi connectivity index (χ0n) is 16.9. The lowest BCUT2D eigenvalue weighted by molar-refractivity contribution is 0.0925. The van der Waals surface area contributed by atoms with Crippen molar-refractivity contribution in [1.82, 2.24) is 19.9 Å². The molecule has 150 valence electrons. The number of hydrogen-bond acceptors (Lipinski definition) is 4. The van der Waals surface area contributed by atoms with Crippen LogP contribution in [0, 0.1) is 6.92 Å². The number of nitrogens with one attached hydrogen (secondary N) is 1. The van der Waals surface area contributed by atoms with E-state index in [0.29, 0.717) is 12.2 Å². The molecule has 0 radical (unpaired) electrons. The number of nitrogens with zero attached hydrogens (tertiary/aromatic N) is 3. The lowest BCUT2D eigenvalue weighted by atomic mass is 10.00. The molecule has 4 aromatic rings. The van der Waals surface area contributed by atoms with Crippen LogP contribution in [0.2, 0.25) is 0 Å². The van der Waals surface area contributed by atoms with Crippen molar-refractivity contribution < 1.29 is 9.53 Å². The van der Waals surface area contributed by atoms with Gasteiger partial charge in [0.25, 0.3) is 5.91 Å². The highest BCUT2D eigenvalue weighted by Crippen LogP contribution is 2.32. The van der Waals surface area contributed by atoms with Gasteiger partial charge in [0.2, 0.25) is 0 Å². The molecule has 0 saturated carbocycles. The van der Waals surface area contributed by atoms with Gasteiger partial charge in [0.05, 0.1) is 23.7 Å². The molecule has 1 amide bonds. The van der Waals surface area contributed by atoms with Gasteiger partial charge >= 0.3 is 0 Å². The number of aromatic nitrogens is 3. The fourth-order valence-electron chi connectivity index (χ4n) is 4.00. The van der Waals surface area contributed by atoms with Gasteiger partial charge in [-0.25, -0.2) is 4.98 Å². The second-order valence-corrected chi connectivity index (χ2v) is 7.59. The van der Waals surface area contributed by atoms with E-state index in [1.54, 1.807) is 6.20 Å². The van der Waals surface area contributed by atoms with E-state index in [1.165, 1.54) is 0 Å². The summed E-state index contributed by atoms with van der Waals surface area (Å²) in [4.78, 5) is 22.0. The Kier molecular flexibility index (Phi) is 4.47. The first-order valence-corrected chi connectivity index (χ1v) is 10.0. The van der Waals surface area contributed by atoms with Gasteiger partial charge in [-0.1, -0.05) is 18.2 Å². The predicted octanol–water partition coefficient (Wildman–Crippen LogP) is 4.20. The minimum atomic E-state index is -0.0982. The number of carbonyl (C=O) groups excluding carboxylic acids is 1. The molecule has 30 heavy (non-hydrogen) atoms. The number of aryl methyl sites for hydroxylation is 2. The number of benzene rings is 2. The number of pyridine rings is 1. The number of amides is 1. The Balaban J connectivity index is 1.46. The number of imidazole rings is 1. The second-order valence-electron chi connectivity index (χ2n) is 7.59. The number of ether oxygens (including phenoxy) is 1. The summed E-state index contributed by atoms with van der Waals surface area (Å²) in [7, 11) is 1.97. The van der Waals surface area contributed by atoms with Crippen LogP contribution in [0.25, 0.3) is 22.4 Å². The maximum atomic E-state index is 13.0. The van der Waals surface area contributed by atoms with Crippen molar-refractivity contribution in [3.05, 3.63) is 77.6 Å². The van der Waals surface area contributed by atoms with Crippen LogP contribution in [0.1, 0.15) is 33.9 Å². The van der Waals surface area contributed by atoms with E-state index in [2.05, 4.69) is 10.3 Å². The van der Waals surface area contributed by atoms with Crippen LogP contribution in [-0.4, -0.2) is 27.0 Å². The summed E-state index contributed by atoms with van der Waals surface area (Å²) in [6.07, 6.45) is 4.35. The summed E-state index contributed by atoms with van der Waals surface area (Å²) in [5.41, 5.74) is 5.49. The van der Waals surface area contributed by atoms with Crippen LogP contribution in [0.4, 0.5) is 0 Å². The zero-order chi connectivity index (χ0) is 20.7. The molecule has 2 aromatic heterocycles. The number of hydrogen-bond donors (Lipinski definition) is 1. The molecule has 6 heteroatoms. The van der Waals surface area contributed by atoms with E-state index in [0.717, 1.165) is 45.7 Å². The molecular formula is C24H22N4O2. The molecular weight excluding hydrogens is 376 g/mol. The molecule has 0 aliphatic carbocycles. The van der Waals surface area contributed by atoms with Crippen molar-refractivity contribution in [2.75, 3.05) is 6.61 Å². The van der Waals surface area contributed by atoms with Gasteiger partial charge in [0, 0.05) is 42.6 Å². The highest BCUT2D eigenvalue weighted by molar-refractivity contribution is 5.98. The lowest BCUT2D eigenvalue weighted by Crippen LogP contribution is -2.32.